The van der Waals surface area contributed by atoms with E-state index in [1.165, 1.54) is 0 Å². The van der Waals surface area contributed by atoms with Crippen LogP contribution in [0.2, 0.25) is 0 Å². The van der Waals surface area contributed by atoms with E-state index in [9.17, 15) is 31.5 Å². The Balaban J connectivity index is 2.25. The summed E-state index contributed by atoms with van der Waals surface area (Å²) in [4.78, 5) is 27.7. The van der Waals surface area contributed by atoms with Crippen LogP contribution in [0.3, 0.4) is 0 Å². The van der Waals surface area contributed by atoms with Crippen molar-refractivity contribution in [3.63, 3.8) is 0 Å². The van der Waals surface area contributed by atoms with Crippen LogP contribution in [-0.4, -0.2) is 21.0 Å². The molecule has 0 aliphatic heterocycles. The molecule has 128 valence electrons. The van der Waals surface area contributed by atoms with E-state index in [4.69, 9.17) is 5.11 Å². The van der Waals surface area contributed by atoms with Crippen molar-refractivity contribution in [1.29, 1.82) is 0 Å². The van der Waals surface area contributed by atoms with E-state index in [-0.39, 0.29) is 11.4 Å². The summed E-state index contributed by atoms with van der Waals surface area (Å²) in [7, 11) is 0. The number of aliphatic carboxylic acids is 1. The highest BCUT2D eigenvalue weighted by molar-refractivity contribution is 5.69. The van der Waals surface area contributed by atoms with Gasteiger partial charge in [-0.25, -0.2) is 18.2 Å². The maximum Gasteiger partial charge on any atom is 0.308 e. The van der Waals surface area contributed by atoms with Crippen LogP contribution in [0.5, 0.6) is 5.75 Å². The molecule has 0 fully saturated rings. The number of carbonyl (C=O) groups is 1. The number of ether oxygens (including phenoxy) is 1. The molecule has 0 radical (unpaired) electrons. The van der Waals surface area contributed by atoms with Crippen LogP contribution in [0, 0.1) is 29.1 Å². The molecule has 0 saturated carbocycles. The van der Waals surface area contributed by atoms with Gasteiger partial charge in [-0.1, -0.05) is 0 Å². The number of benzene rings is 1. The number of carboxylic acids is 1. The van der Waals surface area contributed by atoms with Gasteiger partial charge in [-0.2, -0.15) is 8.78 Å². The second-order valence-corrected chi connectivity index (χ2v) is 4.44. The van der Waals surface area contributed by atoms with Gasteiger partial charge >= 0.3 is 5.97 Å². The lowest BCUT2D eigenvalue weighted by atomic mass is 10.2. The lowest BCUT2D eigenvalue weighted by molar-refractivity contribution is -0.136. The molecule has 24 heavy (non-hydrogen) atoms. The minimum Gasteiger partial charge on any atom is -0.481 e. The first kappa shape index (κ1) is 17.4. The fourth-order valence-corrected chi connectivity index (χ4v) is 1.67. The molecule has 0 aliphatic carbocycles. The van der Waals surface area contributed by atoms with Crippen LogP contribution in [0.15, 0.2) is 11.0 Å². The average Bonchev–Trinajstić information content (AvgIpc) is 2.53. The predicted octanol–water partition coefficient (Wildman–Crippen LogP) is 1.67. The average molecular weight is 350 g/mol. The van der Waals surface area contributed by atoms with Gasteiger partial charge in [-0.15, -0.1) is 0 Å². The number of rotatable bonds is 5. The van der Waals surface area contributed by atoms with E-state index in [0.29, 0.717) is 0 Å². The molecule has 2 N–H and O–H groups in total. The number of halogens is 5. The molecule has 0 unspecified atom stereocenters. The summed E-state index contributed by atoms with van der Waals surface area (Å²) in [6.45, 7) is -0.819. The summed E-state index contributed by atoms with van der Waals surface area (Å²) in [6.07, 6.45) is 0.283. The van der Waals surface area contributed by atoms with E-state index in [1.54, 1.807) is 0 Å². The molecule has 1 aromatic heterocycles. The number of hydrogen-bond acceptors (Lipinski definition) is 4. The molecular weight excluding hydrogens is 343 g/mol. The first-order valence-corrected chi connectivity index (χ1v) is 6.15. The molecule has 2 aromatic rings. The maximum atomic E-state index is 13.4. The molecule has 11 heteroatoms. The van der Waals surface area contributed by atoms with Crippen LogP contribution in [0.1, 0.15) is 11.4 Å². The van der Waals surface area contributed by atoms with Crippen molar-refractivity contribution in [3.05, 3.63) is 57.0 Å². The van der Waals surface area contributed by atoms with Gasteiger partial charge in [-0.05, 0) is 0 Å². The number of H-pyrrole nitrogens is 1. The number of nitrogens with one attached hydrogen (secondary N) is 1. The summed E-state index contributed by atoms with van der Waals surface area (Å²) in [5, 5.41) is 8.56. The molecule has 0 bridgehead atoms. The Morgan fingerprint density at radius 2 is 1.62 bits per heavy atom. The Hall–Kier alpha value is -2.98. The van der Waals surface area contributed by atoms with Crippen molar-refractivity contribution in [2.24, 2.45) is 0 Å². The number of aromatic nitrogens is 2. The Labute approximate surface area is 129 Å². The standard InChI is InChI=1S/C13H7F5N2O4/c14-7-8(15)10(17)12(11(18)9(7)16)24-3-5-19-2-4(1-6(21)22)13(23)20-5/h2H,1,3H2,(H,21,22)(H,19,20,23). The van der Waals surface area contributed by atoms with Gasteiger partial charge in [0, 0.05) is 11.8 Å². The van der Waals surface area contributed by atoms with Crippen LogP contribution >= 0.6 is 0 Å². The van der Waals surface area contributed by atoms with Crippen molar-refractivity contribution in [3.8, 4) is 5.75 Å². The number of carboxylic acid groups (broad SMARTS) is 1. The predicted molar refractivity (Wildman–Crippen MR) is 66.8 cm³/mol. The van der Waals surface area contributed by atoms with E-state index in [1.807, 2.05) is 0 Å². The highest BCUT2D eigenvalue weighted by Gasteiger charge is 2.27. The molecular formula is C13H7F5N2O4. The van der Waals surface area contributed by atoms with Gasteiger partial charge in [0.15, 0.2) is 5.75 Å². The van der Waals surface area contributed by atoms with E-state index >= 15 is 0 Å². The topological polar surface area (TPSA) is 92.3 Å². The zero-order valence-corrected chi connectivity index (χ0v) is 11.5. The fraction of sp³-hybridized carbons (Fsp3) is 0.154. The summed E-state index contributed by atoms with van der Waals surface area (Å²) < 4.78 is 70.1. The lowest BCUT2D eigenvalue weighted by Crippen LogP contribution is -2.20. The van der Waals surface area contributed by atoms with Gasteiger partial charge < -0.3 is 14.8 Å². The van der Waals surface area contributed by atoms with Crippen molar-refractivity contribution in [2.75, 3.05) is 0 Å². The molecule has 6 nitrogen and oxygen atoms in total. The quantitative estimate of drug-likeness (QED) is 0.486. The van der Waals surface area contributed by atoms with Gasteiger partial charge in [0.2, 0.25) is 29.1 Å². The second-order valence-electron chi connectivity index (χ2n) is 4.44. The SMILES string of the molecule is O=C(O)Cc1cnc(COc2c(F)c(F)c(F)c(F)c2F)[nH]c1=O. The van der Waals surface area contributed by atoms with Crippen molar-refractivity contribution in [2.45, 2.75) is 13.0 Å². The fourth-order valence-electron chi connectivity index (χ4n) is 1.67. The Bertz CT molecular complexity index is 839. The number of hydrogen-bond donors (Lipinski definition) is 2. The first-order valence-electron chi connectivity index (χ1n) is 6.15. The largest absolute Gasteiger partial charge is 0.481 e. The van der Waals surface area contributed by atoms with Crippen LogP contribution < -0.4 is 10.3 Å². The first-order chi connectivity index (χ1) is 11.2. The highest BCUT2D eigenvalue weighted by Crippen LogP contribution is 2.29. The molecule has 1 aromatic carbocycles. The third-order valence-electron chi connectivity index (χ3n) is 2.79. The maximum absolute atomic E-state index is 13.4. The Morgan fingerprint density at radius 3 is 2.12 bits per heavy atom. The second kappa shape index (κ2) is 6.64. The third-order valence-corrected chi connectivity index (χ3v) is 2.79. The third kappa shape index (κ3) is 3.34. The van der Waals surface area contributed by atoms with Gasteiger partial charge in [0.1, 0.15) is 12.4 Å². The van der Waals surface area contributed by atoms with Crippen LogP contribution in [-0.2, 0) is 17.8 Å². The summed E-state index contributed by atoms with van der Waals surface area (Å²) in [5.41, 5.74) is -1.04. The molecule has 2 rings (SSSR count). The minimum absolute atomic E-state index is 0.192. The van der Waals surface area contributed by atoms with E-state index in [2.05, 4.69) is 14.7 Å². The Kier molecular flexibility index (Phi) is 4.81. The van der Waals surface area contributed by atoms with E-state index in [0.717, 1.165) is 6.20 Å². The molecule has 0 saturated heterocycles. The normalized spacial score (nSPS) is 10.7. The van der Waals surface area contributed by atoms with Crippen LogP contribution in [0.25, 0.3) is 0 Å². The van der Waals surface area contributed by atoms with E-state index < -0.39 is 59.4 Å². The zero-order valence-electron chi connectivity index (χ0n) is 11.5. The molecule has 1 heterocycles. The molecule has 0 spiro atoms. The summed E-state index contributed by atoms with van der Waals surface area (Å²) in [5.74, 6) is -14.1. The summed E-state index contributed by atoms with van der Waals surface area (Å²) in [6, 6.07) is 0. The number of nitrogens with zero attached hydrogens (tertiary/aromatic N) is 1. The molecule has 0 aliphatic rings. The zero-order chi connectivity index (χ0) is 18.0. The lowest BCUT2D eigenvalue weighted by Gasteiger charge is -2.10. The highest BCUT2D eigenvalue weighted by atomic mass is 19.2. The van der Waals surface area contributed by atoms with Crippen molar-refractivity contribution < 1.29 is 36.6 Å². The number of aromatic amines is 1. The van der Waals surface area contributed by atoms with Gasteiger partial charge in [-0.3, -0.25) is 9.59 Å². The molecule has 0 atom stereocenters. The molecule has 0 amide bonds. The van der Waals surface area contributed by atoms with Crippen molar-refractivity contribution >= 4 is 5.97 Å². The van der Waals surface area contributed by atoms with Crippen molar-refractivity contribution in [1.82, 2.24) is 9.97 Å². The van der Waals surface area contributed by atoms with Crippen LogP contribution in [0.4, 0.5) is 22.0 Å². The minimum atomic E-state index is -2.33. The summed E-state index contributed by atoms with van der Waals surface area (Å²) >= 11 is 0. The Morgan fingerprint density at radius 1 is 1.08 bits per heavy atom. The van der Waals surface area contributed by atoms with Gasteiger partial charge in [0.25, 0.3) is 5.56 Å². The smallest absolute Gasteiger partial charge is 0.308 e. The monoisotopic (exact) mass is 350 g/mol. The van der Waals surface area contributed by atoms with Gasteiger partial charge in [0.05, 0.1) is 6.42 Å².